The molecule has 172 valence electrons. The van der Waals surface area contributed by atoms with Gasteiger partial charge in [0.1, 0.15) is 0 Å². The van der Waals surface area contributed by atoms with E-state index >= 15 is 0 Å². The third kappa shape index (κ3) is 5.75. The molecule has 0 saturated heterocycles. The molecule has 0 unspecified atom stereocenters. The minimum atomic E-state index is -0.930. The third-order valence-electron chi connectivity index (χ3n) is 6.99. The van der Waals surface area contributed by atoms with Crippen molar-refractivity contribution >= 4 is 11.1 Å². The van der Waals surface area contributed by atoms with Gasteiger partial charge in [0.05, 0.1) is 0 Å². The summed E-state index contributed by atoms with van der Waals surface area (Å²) >= 11 is -0.930. The van der Waals surface area contributed by atoms with Crippen molar-refractivity contribution in [1.29, 1.82) is 0 Å². The van der Waals surface area contributed by atoms with Crippen LogP contribution in [0.25, 0.3) is 11.1 Å². The molecule has 0 N–H and O–H groups in total. The number of rotatable bonds is 4. The Morgan fingerprint density at radius 2 is 1.03 bits per heavy atom. The Hall–Kier alpha value is -1.14. The Balaban J connectivity index is 0.00000193. The van der Waals surface area contributed by atoms with E-state index in [9.17, 15) is 0 Å². The fraction of sp³-hybridized carbons (Fsp3) is 0.333. The van der Waals surface area contributed by atoms with Crippen LogP contribution in [0.2, 0.25) is 0 Å². The van der Waals surface area contributed by atoms with Crippen molar-refractivity contribution < 1.29 is 48.0 Å². The average molecular weight is 557 g/mol. The summed E-state index contributed by atoms with van der Waals surface area (Å²) < 4.78 is 3.42. The van der Waals surface area contributed by atoms with Gasteiger partial charge in [-0.15, -0.1) is 0 Å². The Bertz CT molecular complexity index is 1140. The van der Waals surface area contributed by atoms with Gasteiger partial charge in [0.2, 0.25) is 0 Å². The number of benzene rings is 2. The maximum atomic E-state index is 2.37. The minimum Gasteiger partial charge on any atom is -1.00 e. The molecule has 0 fully saturated rings. The van der Waals surface area contributed by atoms with E-state index in [1.807, 2.05) is 0 Å². The number of halogens is 2. The first-order valence-corrected chi connectivity index (χ1v) is 13.9. The fourth-order valence-corrected chi connectivity index (χ4v) is 9.09. The summed E-state index contributed by atoms with van der Waals surface area (Å²) in [5, 5.41) is 0. The number of hydrogen-bond acceptors (Lipinski definition) is 0. The second kappa shape index (κ2) is 11.1. The third-order valence-corrected chi connectivity index (χ3v) is 11.5. The van der Waals surface area contributed by atoms with Gasteiger partial charge in [-0.3, -0.25) is 0 Å². The first-order chi connectivity index (χ1) is 14.7. The van der Waals surface area contributed by atoms with Gasteiger partial charge >= 0.3 is 201 Å². The Kier molecular flexibility index (Phi) is 9.43. The quantitative estimate of drug-likeness (QED) is 0.544. The number of hydrogen-bond donors (Lipinski definition) is 0. The second-order valence-corrected chi connectivity index (χ2v) is 13.3. The van der Waals surface area contributed by atoms with Crippen LogP contribution in [-0.4, -0.2) is 0 Å². The van der Waals surface area contributed by atoms with Crippen molar-refractivity contribution in [2.75, 3.05) is 0 Å². The summed E-state index contributed by atoms with van der Waals surface area (Å²) in [6.07, 6.45) is 2.24. The first kappa shape index (κ1) is 28.1. The van der Waals surface area contributed by atoms with E-state index in [0.29, 0.717) is 0 Å². The Morgan fingerprint density at radius 3 is 1.45 bits per heavy atom. The van der Waals surface area contributed by atoms with Gasteiger partial charge in [-0.1, -0.05) is 0 Å². The van der Waals surface area contributed by atoms with Crippen LogP contribution in [-0.2, 0) is 28.6 Å². The molecular weight excluding hydrogens is 522 g/mol. The van der Waals surface area contributed by atoms with E-state index in [2.05, 4.69) is 103 Å². The van der Waals surface area contributed by atoms with Crippen LogP contribution in [0.5, 0.6) is 0 Å². The summed E-state index contributed by atoms with van der Waals surface area (Å²) in [6, 6.07) is 20.5. The molecule has 2 aliphatic rings. The predicted octanol–water partition coefficient (Wildman–Crippen LogP) is 2.68. The molecule has 2 aliphatic carbocycles. The zero-order valence-corrected chi connectivity index (χ0v) is 24.8. The van der Waals surface area contributed by atoms with Gasteiger partial charge in [0.15, 0.2) is 0 Å². The first-order valence-electron chi connectivity index (χ1n) is 11.4. The van der Waals surface area contributed by atoms with Gasteiger partial charge in [-0.2, -0.15) is 0 Å². The molecule has 0 nitrogen and oxygen atoms in total. The van der Waals surface area contributed by atoms with Gasteiger partial charge < -0.3 is 24.8 Å². The topological polar surface area (TPSA) is 0 Å². The van der Waals surface area contributed by atoms with Gasteiger partial charge in [0, 0.05) is 0 Å². The monoisotopic (exact) mass is 554 g/mol. The summed E-state index contributed by atoms with van der Waals surface area (Å²) in [7, 11) is 0. The van der Waals surface area contributed by atoms with Crippen molar-refractivity contribution in [2.24, 2.45) is 0 Å². The number of allylic oxidation sites excluding steroid dienone is 8. The van der Waals surface area contributed by atoms with Crippen LogP contribution < -0.4 is 24.8 Å². The van der Waals surface area contributed by atoms with E-state index in [0.717, 1.165) is 12.8 Å². The minimum absolute atomic E-state index is 0. The summed E-state index contributed by atoms with van der Waals surface area (Å²) in [4.78, 5) is 0. The van der Waals surface area contributed by atoms with E-state index in [-0.39, 0.29) is 30.2 Å². The standard InChI is InChI=1S/C17H21.C13H13.2ClH.Zr/c1-12-10-15(11-13(12)2)14-6-8-16(9-7-14)17(3,4)5;1-10-8-13(9-11(10)2)12-6-4-3-5-7-12;;;/h6-9H,10H2,1-5H3;3-7H,8H2,1-2H3;2*1H;/q;;;;+2/p-2. The van der Waals surface area contributed by atoms with Crippen molar-refractivity contribution in [3.8, 4) is 0 Å². The fourth-order valence-electron chi connectivity index (χ4n) is 4.62. The van der Waals surface area contributed by atoms with Crippen molar-refractivity contribution in [2.45, 2.75) is 66.7 Å². The maximum Gasteiger partial charge on any atom is -1.00 e. The van der Waals surface area contributed by atoms with Crippen molar-refractivity contribution in [3.63, 3.8) is 0 Å². The molecule has 33 heavy (non-hydrogen) atoms. The summed E-state index contributed by atoms with van der Waals surface area (Å²) in [6.45, 7) is 16.3. The van der Waals surface area contributed by atoms with Crippen LogP contribution >= 0.6 is 0 Å². The van der Waals surface area contributed by atoms with Gasteiger partial charge in [-0.25, -0.2) is 0 Å². The molecule has 0 aliphatic heterocycles. The maximum absolute atomic E-state index is 2.37. The normalized spacial score (nSPS) is 16.2. The van der Waals surface area contributed by atoms with Crippen molar-refractivity contribution in [3.05, 3.63) is 100 Å². The molecule has 0 spiro atoms. The molecule has 0 bridgehead atoms. The summed E-state index contributed by atoms with van der Waals surface area (Å²) in [5.41, 5.74) is 13.9. The molecule has 4 rings (SSSR count). The predicted molar refractivity (Wildman–Crippen MR) is 131 cm³/mol. The Labute approximate surface area is 224 Å². The van der Waals surface area contributed by atoms with E-state index in [1.54, 1.807) is 40.0 Å². The van der Waals surface area contributed by atoms with Crippen LogP contribution in [0, 0.1) is 0 Å². The average Bonchev–Trinajstić information content (AvgIpc) is 3.19. The molecule has 0 aromatic heterocycles. The second-order valence-electron chi connectivity index (χ2n) is 10.2. The van der Waals surface area contributed by atoms with Crippen LogP contribution in [0.4, 0.5) is 0 Å². The smallest absolute Gasteiger partial charge is 1.00 e. The van der Waals surface area contributed by atoms with Crippen LogP contribution in [0.3, 0.4) is 0 Å². The van der Waals surface area contributed by atoms with Gasteiger partial charge in [-0.05, 0) is 0 Å². The molecule has 0 radical (unpaired) electrons. The zero-order chi connectivity index (χ0) is 22.3. The van der Waals surface area contributed by atoms with Crippen molar-refractivity contribution in [1.82, 2.24) is 0 Å². The van der Waals surface area contributed by atoms with E-state index in [1.165, 1.54) is 16.7 Å². The molecular formula is C30H34Cl2Zr. The Morgan fingerprint density at radius 1 is 0.606 bits per heavy atom. The zero-order valence-electron chi connectivity index (χ0n) is 20.9. The molecule has 2 aromatic carbocycles. The van der Waals surface area contributed by atoms with E-state index < -0.39 is 23.2 Å². The molecule has 0 atom stereocenters. The molecule has 0 amide bonds. The van der Waals surface area contributed by atoms with E-state index in [4.69, 9.17) is 0 Å². The molecule has 0 heterocycles. The summed E-state index contributed by atoms with van der Waals surface area (Å²) in [5.74, 6) is 0. The SMILES string of the molecule is CC1=C(C)[C]([Zr+2][C]2=C(c3ccc(C(C)(C)C)cc3)CC(C)=C2C)=C(c2ccccc2)C1.[Cl-].[Cl-]. The molecule has 0 saturated carbocycles. The van der Waals surface area contributed by atoms with Crippen LogP contribution in [0.1, 0.15) is 78.0 Å². The van der Waals surface area contributed by atoms with Crippen LogP contribution in [0.15, 0.2) is 83.5 Å². The largest absolute Gasteiger partial charge is 1.00 e. The molecule has 3 heteroatoms. The van der Waals surface area contributed by atoms with Gasteiger partial charge in [0.25, 0.3) is 0 Å². The molecule has 2 aromatic rings.